The molecule has 0 unspecified atom stereocenters. The maximum Gasteiger partial charge on any atom is 0.328 e. The minimum Gasteiger partial charge on any atom is -0.493 e. The molecule has 1 aromatic carbocycles. The average molecular weight is 359 g/mol. The standard InChI is InChI=1S/C23H34O3/c1-2-3-4-5-6-7-19-8-10-21(11-9-19)18-26-22-15-12-20(13-16-22)14-17-23(24)25/h12-17,19,21H,2-11,18H2,1H3,(H,24,25)/t19-,21+. The Morgan fingerprint density at radius 3 is 2.35 bits per heavy atom. The number of aliphatic carboxylic acids is 1. The highest BCUT2D eigenvalue weighted by Gasteiger charge is 2.21. The summed E-state index contributed by atoms with van der Waals surface area (Å²) in [6.45, 7) is 3.07. The van der Waals surface area contributed by atoms with E-state index in [0.717, 1.165) is 29.9 Å². The predicted molar refractivity (Wildman–Crippen MR) is 107 cm³/mol. The molecule has 0 spiro atoms. The summed E-state index contributed by atoms with van der Waals surface area (Å²) >= 11 is 0. The van der Waals surface area contributed by atoms with E-state index in [4.69, 9.17) is 9.84 Å². The number of carboxylic acids is 1. The third kappa shape index (κ3) is 8.07. The van der Waals surface area contributed by atoms with Gasteiger partial charge in [-0.3, -0.25) is 0 Å². The molecule has 26 heavy (non-hydrogen) atoms. The lowest BCUT2D eigenvalue weighted by Gasteiger charge is -2.28. The van der Waals surface area contributed by atoms with Gasteiger partial charge in [-0.25, -0.2) is 4.79 Å². The van der Waals surface area contributed by atoms with Crippen molar-refractivity contribution in [3.8, 4) is 5.75 Å². The van der Waals surface area contributed by atoms with E-state index in [1.165, 1.54) is 64.2 Å². The van der Waals surface area contributed by atoms with Crippen LogP contribution in [0.3, 0.4) is 0 Å². The van der Waals surface area contributed by atoms with Crippen molar-refractivity contribution in [2.24, 2.45) is 11.8 Å². The van der Waals surface area contributed by atoms with Crippen molar-refractivity contribution < 1.29 is 14.6 Å². The van der Waals surface area contributed by atoms with Crippen molar-refractivity contribution >= 4 is 12.0 Å². The molecule has 144 valence electrons. The Kier molecular flexibility index (Phi) is 9.30. The Bertz CT molecular complexity index is 539. The van der Waals surface area contributed by atoms with Gasteiger partial charge >= 0.3 is 5.97 Å². The van der Waals surface area contributed by atoms with Gasteiger partial charge < -0.3 is 9.84 Å². The quantitative estimate of drug-likeness (QED) is 0.371. The van der Waals surface area contributed by atoms with Crippen LogP contribution in [0.2, 0.25) is 0 Å². The highest BCUT2D eigenvalue weighted by Crippen LogP contribution is 2.32. The molecule has 0 saturated heterocycles. The molecule has 1 saturated carbocycles. The summed E-state index contributed by atoms with van der Waals surface area (Å²) in [6.07, 6.45) is 16.4. The molecule has 0 amide bonds. The first kappa shape index (κ1) is 20.5. The molecule has 3 nitrogen and oxygen atoms in total. The van der Waals surface area contributed by atoms with Crippen LogP contribution in [-0.2, 0) is 4.79 Å². The fraction of sp³-hybridized carbons (Fsp3) is 0.609. The molecule has 2 rings (SSSR count). The van der Waals surface area contributed by atoms with Gasteiger partial charge in [0.2, 0.25) is 0 Å². The maximum absolute atomic E-state index is 10.5. The van der Waals surface area contributed by atoms with Gasteiger partial charge in [-0.2, -0.15) is 0 Å². The second kappa shape index (κ2) is 11.8. The molecule has 0 heterocycles. The van der Waals surface area contributed by atoms with E-state index >= 15 is 0 Å². The first-order chi connectivity index (χ1) is 12.7. The Morgan fingerprint density at radius 1 is 1.04 bits per heavy atom. The minimum absolute atomic E-state index is 0.679. The van der Waals surface area contributed by atoms with Crippen molar-refractivity contribution in [2.75, 3.05) is 6.61 Å². The topological polar surface area (TPSA) is 46.5 Å². The van der Waals surface area contributed by atoms with Crippen molar-refractivity contribution in [3.05, 3.63) is 35.9 Å². The molecule has 0 aliphatic heterocycles. The van der Waals surface area contributed by atoms with Gasteiger partial charge in [-0.15, -0.1) is 0 Å². The summed E-state index contributed by atoms with van der Waals surface area (Å²) in [5.41, 5.74) is 0.874. The van der Waals surface area contributed by atoms with Crippen LogP contribution in [-0.4, -0.2) is 17.7 Å². The summed E-state index contributed by atoms with van der Waals surface area (Å²) in [7, 11) is 0. The van der Waals surface area contributed by atoms with Crippen molar-refractivity contribution in [2.45, 2.75) is 71.1 Å². The number of hydrogen-bond acceptors (Lipinski definition) is 2. The Morgan fingerprint density at radius 2 is 1.69 bits per heavy atom. The van der Waals surface area contributed by atoms with E-state index in [9.17, 15) is 4.79 Å². The van der Waals surface area contributed by atoms with E-state index in [2.05, 4.69) is 6.92 Å². The summed E-state index contributed by atoms with van der Waals surface area (Å²) in [5.74, 6) is 1.56. The number of carbonyl (C=O) groups is 1. The van der Waals surface area contributed by atoms with Gasteiger partial charge in [0.05, 0.1) is 6.61 Å². The molecule has 1 N–H and O–H groups in total. The first-order valence-electron chi connectivity index (χ1n) is 10.3. The molecule has 0 radical (unpaired) electrons. The molecule has 1 aliphatic rings. The van der Waals surface area contributed by atoms with Crippen LogP contribution in [0.1, 0.15) is 76.7 Å². The van der Waals surface area contributed by atoms with Crippen LogP contribution >= 0.6 is 0 Å². The third-order valence-corrected chi connectivity index (χ3v) is 5.47. The first-order valence-corrected chi connectivity index (χ1v) is 10.3. The summed E-state index contributed by atoms with van der Waals surface area (Å²) in [5, 5.41) is 8.65. The molecular weight excluding hydrogens is 324 g/mol. The minimum atomic E-state index is -0.929. The van der Waals surface area contributed by atoms with E-state index in [1.807, 2.05) is 24.3 Å². The predicted octanol–water partition coefficient (Wildman–Crippen LogP) is 6.33. The number of ether oxygens (including phenoxy) is 1. The number of unbranched alkanes of at least 4 members (excludes halogenated alkanes) is 4. The normalized spacial score (nSPS) is 20.3. The molecule has 0 atom stereocenters. The SMILES string of the molecule is CCCCCCC[C@H]1CC[C@@H](COc2ccc(C=CC(=O)O)cc2)CC1. The molecule has 3 heteroatoms. The van der Waals surface area contributed by atoms with Crippen molar-refractivity contribution in [3.63, 3.8) is 0 Å². The van der Waals surface area contributed by atoms with Crippen LogP contribution in [0.5, 0.6) is 5.75 Å². The van der Waals surface area contributed by atoms with Crippen LogP contribution in [0.4, 0.5) is 0 Å². The van der Waals surface area contributed by atoms with Crippen LogP contribution in [0.25, 0.3) is 6.08 Å². The van der Waals surface area contributed by atoms with E-state index < -0.39 is 5.97 Å². The van der Waals surface area contributed by atoms with E-state index in [-0.39, 0.29) is 0 Å². The zero-order chi connectivity index (χ0) is 18.6. The van der Waals surface area contributed by atoms with E-state index in [0.29, 0.717) is 5.92 Å². The summed E-state index contributed by atoms with van der Waals surface area (Å²) in [4.78, 5) is 10.5. The van der Waals surface area contributed by atoms with Gasteiger partial charge in [-0.05, 0) is 48.4 Å². The van der Waals surface area contributed by atoms with Gasteiger partial charge in [-0.1, -0.05) is 70.4 Å². The number of carboxylic acid groups (broad SMARTS) is 1. The van der Waals surface area contributed by atoms with Crippen molar-refractivity contribution in [1.82, 2.24) is 0 Å². The lowest BCUT2D eigenvalue weighted by Crippen LogP contribution is -2.20. The van der Waals surface area contributed by atoms with Gasteiger partial charge in [0.1, 0.15) is 5.75 Å². The molecule has 1 aromatic rings. The van der Waals surface area contributed by atoms with Gasteiger partial charge in [0.15, 0.2) is 0 Å². The summed E-state index contributed by atoms with van der Waals surface area (Å²) in [6, 6.07) is 7.63. The zero-order valence-electron chi connectivity index (χ0n) is 16.2. The summed E-state index contributed by atoms with van der Waals surface area (Å²) < 4.78 is 5.95. The Balaban J connectivity index is 1.61. The average Bonchev–Trinajstić information content (AvgIpc) is 2.66. The maximum atomic E-state index is 10.5. The molecule has 1 aliphatic carbocycles. The van der Waals surface area contributed by atoms with E-state index in [1.54, 1.807) is 6.08 Å². The Hall–Kier alpha value is -1.77. The lowest BCUT2D eigenvalue weighted by molar-refractivity contribution is -0.131. The van der Waals surface area contributed by atoms with Crippen LogP contribution in [0, 0.1) is 11.8 Å². The van der Waals surface area contributed by atoms with Gasteiger partial charge in [0, 0.05) is 6.08 Å². The van der Waals surface area contributed by atoms with Crippen LogP contribution < -0.4 is 4.74 Å². The van der Waals surface area contributed by atoms with Crippen molar-refractivity contribution in [1.29, 1.82) is 0 Å². The molecule has 0 bridgehead atoms. The van der Waals surface area contributed by atoms with Gasteiger partial charge in [0.25, 0.3) is 0 Å². The monoisotopic (exact) mass is 358 g/mol. The Labute approximate surface area is 158 Å². The molecule has 0 aromatic heterocycles. The highest BCUT2D eigenvalue weighted by atomic mass is 16.5. The van der Waals surface area contributed by atoms with Crippen LogP contribution in [0.15, 0.2) is 30.3 Å². The highest BCUT2D eigenvalue weighted by molar-refractivity contribution is 5.85. The number of benzene rings is 1. The largest absolute Gasteiger partial charge is 0.493 e. The fourth-order valence-corrected chi connectivity index (χ4v) is 3.78. The number of rotatable bonds is 11. The molecule has 1 fully saturated rings. The molecular formula is C23H34O3. The third-order valence-electron chi connectivity index (χ3n) is 5.47. The second-order valence-electron chi connectivity index (χ2n) is 7.64. The fourth-order valence-electron chi connectivity index (χ4n) is 3.78. The second-order valence-corrected chi connectivity index (χ2v) is 7.64. The smallest absolute Gasteiger partial charge is 0.328 e. The lowest BCUT2D eigenvalue weighted by atomic mass is 9.80. The zero-order valence-corrected chi connectivity index (χ0v) is 16.2. The number of hydrogen-bond donors (Lipinski definition) is 1.